The molecule has 4 heteroatoms. The number of rotatable bonds is 3. The summed E-state index contributed by atoms with van der Waals surface area (Å²) in [4.78, 5) is 22.2. The van der Waals surface area contributed by atoms with Crippen LogP contribution in [0.4, 0.5) is 0 Å². The van der Waals surface area contributed by atoms with E-state index in [1.807, 2.05) is 0 Å². The first-order valence-electron chi connectivity index (χ1n) is 5.03. The van der Waals surface area contributed by atoms with Crippen LogP contribution in [0.3, 0.4) is 0 Å². The maximum absolute atomic E-state index is 11.6. The predicted molar refractivity (Wildman–Crippen MR) is 54.3 cm³/mol. The van der Waals surface area contributed by atoms with E-state index in [1.54, 1.807) is 18.2 Å². The summed E-state index contributed by atoms with van der Waals surface area (Å²) in [6.07, 6.45) is 0.127. The molecule has 0 unspecified atom stereocenters. The van der Waals surface area contributed by atoms with E-state index in [0.717, 1.165) is 5.56 Å². The Morgan fingerprint density at radius 3 is 2.94 bits per heavy atom. The van der Waals surface area contributed by atoms with Crippen molar-refractivity contribution >= 4 is 11.8 Å². The number of carbonyl (C=O) groups is 2. The molecule has 0 fully saturated rings. The van der Waals surface area contributed by atoms with Crippen molar-refractivity contribution in [2.45, 2.75) is 18.8 Å². The van der Waals surface area contributed by atoms with Crippen LogP contribution in [0.1, 0.15) is 34.7 Å². The van der Waals surface area contributed by atoms with Gasteiger partial charge in [-0.15, -0.1) is 0 Å². The second-order valence-corrected chi connectivity index (χ2v) is 3.85. The summed E-state index contributed by atoms with van der Waals surface area (Å²) in [5.41, 5.74) is 1.36. The number of aliphatic carboxylic acids is 1. The number of carbonyl (C=O) groups excluding carboxylic acids is 2. The molecule has 0 heterocycles. The first-order valence-corrected chi connectivity index (χ1v) is 5.03. The summed E-state index contributed by atoms with van der Waals surface area (Å²) in [6, 6.07) is 5.12. The number of carboxylic acid groups (broad SMARTS) is 1. The van der Waals surface area contributed by atoms with Crippen molar-refractivity contribution < 1.29 is 19.4 Å². The van der Waals surface area contributed by atoms with Gasteiger partial charge in [0.1, 0.15) is 5.75 Å². The van der Waals surface area contributed by atoms with Crippen LogP contribution < -0.4 is 9.84 Å². The number of fused-ring (bicyclic) bond motifs is 1. The molecule has 0 saturated heterocycles. The van der Waals surface area contributed by atoms with Gasteiger partial charge in [-0.05, 0) is 36.1 Å². The Bertz CT molecular complexity index is 448. The molecular weight excluding hydrogens is 208 g/mol. The lowest BCUT2D eigenvalue weighted by molar-refractivity contribution is -0.306. The fourth-order valence-corrected chi connectivity index (χ4v) is 2.09. The maximum atomic E-state index is 11.6. The molecule has 1 atom stereocenters. The maximum Gasteiger partial charge on any atom is 0.163 e. The van der Waals surface area contributed by atoms with E-state index < -0.39 is 5.97 Å². The van der Waals surface area contributed by atoms with Crippen molar-refractivity contribution in [2.75, 3.05) is 7.11 Å². The third kappa shape index (κ3) is 1.78. The Hall–Kier alpha value is -1.84. The van der Waals surface area contributed by atoms with Crippen molar-refractivity contribution in [2.24, 2.45) is 0 Å². The largest absolute Gasteiger partial charge is 0.550 e. The molecule has 0 aliphatic heterocycles. The van der Waals surface area contributed by atoms with E-state index in [-0.39, 0.29) is 24.5 Å². The Morgan fingerprint density at radius 2 is 2.31 bits per heavy atom. The molecule has 2 rings (SSSR count). The first kappa shape index (κ1) is 10.7. The van der Waals surface area contributed by atoms with Crippen LogP contribution in [0, 0.1) is 0 Å². The molecule has 1 aliphatic rings. The highest BCUT2D eigenvalue weighted by atomic mass is 16.5. The summed E-state index contributed by atoms with van der Waals surface area (Å²) in [6.45, 7) is 0. The Kier molecular flexibility index (Phi) is 2.64. The zero-order chi connectivity index (χ0) is 11.7. The number of Topliss-reactive ketones (excluding diaryl/α,β-unsaturated/α-hetero) is 1. The average molecular weight is 219 g/mol. The van der Waals surface area contributed by atoms with Crippen molar-refractivity contribution in [3.63, 3.8) is 0 Å². The minimum absolute atomic E-state index is 0.0103. The van der Waals surface area contributed by atoms with Gasteiger partial charge in [0.25, 0.3) is 0 Å². The number of carboxylic acids is 1. The predicted octanol–water partition coefficient (Wildman–Crippen LogP) is 0.505. The lowest BCUT2D eigenvalue weighted by atomic mass is 9.98. The van der Waals surface area contributed by atoms with Gasteiger partial charge in [0.15, 0.2) is 5.78 Å². The topological polar surface area (TPSA) is 66.4 Å². The molecule has 0 saturated carbocycles. The summed E-state index contributed by atoms with van der Waals surface area (Å²) in [5, 5.41) is 10.6. The van der Waals surface area contributed by atoms with Gasteiger partial charge in [-0.25, -0.2) is 0 Å². The van der Waals surface area contributed by atoms with Gasteiger partial charge < -0.3 is 14.6 Å². The fourth-order valence-electron chi connectivity index (χ4n) is 2.09. The molecule has 0 amide bonds. The van der Waals surface area contributed by atoms with E-state index in [2.05, 4.69) is 0 Å². The molecule has 0 radical (unpaired) electrons. The van der Waals surface area contributed by atoms with E-state index in [9.17, 15) is 14.7 Å². The van der Waals surface area contributed by atoms with Crippen LogP contribution >= 0.6 is 0 Å². The molecule has 0 bridgehead atoms. The van der Waals surface area contributed by atoms with Crippen LogP contribution in [0.15, 0.2) is 18.2 Å². The first-order chi connectivity index (χ1) is 7.61. The molecule has 1 aromatic carbocycles. The van der Waals surface area contributed by atoms with Gasteiger partial charge in [-0.1, -0.05) is 0 Å². The highest BCUT2D eigenvalue weighted by Gasteiger charge is 2.29. The van der Waals surface area contributed by atoms with Crippen LogP contribution in [0.2, 0.25) is 0 Å². The number of benzene rings is 1. The van der Waals surface area contributed by atoms with Gasteiger partial charge >= 0.3 is 0 Å². The van der Waals surface area contributed by atoms with Crippen molar-refractivity contribution in [1.82, 2.24) is 0 Å². The van der Waals surface area contributed by atoms with Crippen LogP contribution in [-0.2, 0) is 4.79 Å². The van der Waals surface area contributed by atoms with Crippen LogP contribution in [0.25, 0.3) is 0 Å². The zero-order valence-electron chi connectivity index (χ0n) is 8.86. The van der Waals surface area contributed by atoms with Crippen molar-refractivity contribution in [3.8, 4) is 5.75 Å². The van der Waals surface area contributed by atoms with Crippen LogP contribution in [-0.4, -0.2) is 18.9 Å². The molecular formula is C12H11O4-. The third-order valence-corrected chi connectivity index (χ3v) is 2.84. The molecule has 4 nitrogen and oxygen atoms in total. The zero-order valence-corrected chi connectivity index (χ0v) is 8.86. The van der Waals surface area contributed by atoms with Gasteiger partial charge in [0.05, 0.1) is 7.11 Å². The van der Waals surface area contributed by atoms with Crippen molar-refractivity contribution in [3.05, 3.63) is 29.3 Å². The van der Waals surface area contributed by atoms with E-state index in [1.165, 1.54) is 7.11 Å². The Labute approximate surface area is 92.8 Å². The third-order valence-electron chi connectivity index (χ3n) is 2.84. The summed E-state index contributed by atoms with van der Waals surface area (Å²) < 4.78 is 5.05. The highest BCUT2D eigenvalue weighted by molar-refractivity contribution is 6.01. The Balaban J connectivity index is 2.38. The number of ether oxygens (including phenoxy) is 1. The lowest BCUT2D eigenvalue weighted by Gasteiger charge is -2.11. The molecule has 84 valence electrons. The normalized spacial score (nSPS) is 18.3. The highest BCUT2D eigenvalue weighted by Crippen LogP contribution is 2.37. The number of hydrogen-bond acceptors (Lipinski definition) is 4. The van der Waals surface area contributed by atoms with E-state index >= 15 is 0 Å². The standard InChI is InChI=1S/C12H12O4/c1-16-8-2-3-9-10(6-8)7(4-11(9)13)5-12(14)15/h2-3,6-7H,4-5H2,1H3,(H,14,15)/p-1/t7-/m1/s1. The second-order valence-electron chi connectivity index (χ2n) is 3.85. The smallest absolute Gasteiger partial charge is 0.163 e. The monoisotopic (exact) mass is 219 g/mol. The molecule has 0 aromatic heterocycles. The van der Waals surface area contributed by atoms with E-state index in [4.69, 9.17) is 4.74 Å². The van der Waals surface area contributed by atoms with Gasteiger partial charge in [0.2, 0.25) is 0 Å². The average Bonchev–Trinajstić information content (AvgIpc) is 2.54. The minimum atomic E-state index is -1.13. The van der Waals surface area contributed by atoms with Crippen molar-refractivity contribution in [1.29, 1.82) is 0 Å². The van der Waals surface area contributed by atoms with Gasteiger partial charge in [-0.3, -0.25) is 4.79 Å². The molecule has 16 heavy (non-hydrogen) atoms. The SMILES string of the molecule is COc1ccc2c(c1)[C@@H](CC(=O)[O-])CC2=O. The molecule has 1 aliphatic carbocycles. The summed E-state index contributed by atoms with van der Waals surface area (Å²) in [7, 11) is 1.53. The lowest BCUT2D eigenvalue weighted by Crippen LogP contribution is -2.24. The van der Waals surface area contributed by atoms with Gasteiger partial charge in [-0.2, -0.15) is 0 Å². The Morgan fingerprint density at radius 1 is 1.56 bits per heavy atom. The number of methoxy groups -OCH3 is 1. The summed E-state index contributed by atoms with van der Waals surface area (Å²) >= 11 is 0. The molecule has 1 aromatic rings. The van der Waals surface area contributed by atoms with Crippen LogP contribution in [0.5, 0.6) is 5.75 Å². The molecule has 0 spiro atoms. The number of ketones is 1. The number of hydrogen-bond donors (Lipinski definition) is 0. The fraction of sp³-hybridized carbons (Fsp3) is 0.333. The second kappa shape index (κ2) is 3.96. The molecule has 0 N–H and O–H groups in total. The summed E-state index contributed by atoms with van der Waals surface area (Å²) in [5.74, 6) is -0.781. The van der Waals surface area contributed by atoms with E-state index in [0.29, 0.717) is 11.3 Å². The minimum Gasteiger partial charge on any atom is -0.550 e. The quantitative estimate of drug-likeness (QED) is 0.742. The van der Waals surface area contributed by atoms with Gasteiger partial charge in [0, 0.05) is 18.0 Å².